The average molecular weight is 248 g/mol. The van der Waals surface area contributed by atoms with Crippen LogP contribution in [0.4, 0.5) is 0 Å². The summed E-state index contributed by atoms with van der Waals surface area (Å²) in [5, 5.41) is 9.85. The van der Waals surface area contributed by atoms with Crippen LogP contribution < -0.4 is 0 Å². The van der Waals surface area contributed by atoms with Gasteiger partial charge in [0, 0.05) is 17.9 Å². The lowest BCUT2D eigenvalue weighted by molar-refractivity contribution is -0.118. The average Bonchev–Trinajstić information content (AvgIpc) is 2.50. The molecule has 0 heterocycles. The Morgan fingerprint density at radius 2 is 1.78 bits per heavy atom. The monoisotopic (exact) mass is 248 g/mol. The number of carbonyl (C=O) groups excluding carboxylic acids is 1. The van der Waals surface area contributed by atoms with E-state index in [1.54, 1.807) is 0 Å². The van der Waals surface area contributed by atoms with Gasteiger partial charge in [0.25, 0.3) is 0 Å². The van der Waals surface area contributed by atoms with Crippen LogP contribution in [-0.4, -0.2) is 10.9 Å². The van der Waals surface area contributed by atoms with E-state index in [-0.39, 0.29) is 23.4 Å². The molecule has 0 saturated carbocycles. The maximum absolute atomic E-state index is 11.8. The highest BCUT2D eigenvalue weighted by Gasteiger charge is 2.34. The highest BCUT2D eigenvalue weighted by Crippen LogP contribution is 2.34. The zero-order valence-corrected chi connectivity index (χ0v) is 11.9. The van der Waals surface area contributed by atoms with Crippen LogP contribution in [0.2, 0.25) is 0 Å². The van der Waals surface area contributed by atoms with Crippen LogP contribution in [0.5, 0.6) is 0 Å². The molecule has 1 rings (SSSR count). The molecular formula is C16H24O2. The van der Waals surface area contributed by atoms with Gasteiger partial charge in [0.1, 0.15) is 0 Å². The highest BCUT2D eigenvalue weighted by molar-refractivity contribution is 5.95. The summed E-state index contributed by atoms with van der Waals surface area (Å²) < 4.78 is 0. The Morgan fingerprint density at radius 1 is 1.17 bits per heavy atom. The summed E-state index contributed by atoms with van der Waals surface area (Å²) in [7, 11) is 0. The lowest BCUT2D eigenvalue weighted by atomic mass is 9.86. The van der Waals surface area contributed by atoms with E-state index in [0.717, 1.165) is 19.3 Å². The largest absolute Gasteiger partial charge is 0.512 e. The van der Waals surface area contributed by atoms with Gasteiger partial charge in [-0.25, -0.2) is 0 Å². The third kappa shape index (κ3) is 4.17. The summed E-state index contributed by atoms with van der Waals surface area (Å²) >= 11 is 0. The first kappa shape index (κ1) is 14.7. The van der Waals surface area contributed by atoms with Gasteiger partial charge in [-0.3, -0.25) is 4.79 Å². The molecule has 0 aromatic heterocycles. The van der Waals surface area contributed by atoms with Crippen LogP contribution in [0.15, 0.2) is 35.1 Å². The maximum Gasteiger partial charge on any atom is 0.162 e. The molecular weight excluding hydrogens is 224 g/mol. The molecule has 18 heavy (non-hydrogen) atoms. The SMILES string of the molecule is CC(C)=CCCC1C(=O)C=C(O)C1CC=C(C)C. The minimum Gasteiger partial charge on any atom is -0.512 e. The number of aliphatic hydroxyl groups excluding tert-OH is 1. The molecule has 0 saturated heterocycles. The Balaban J connectivity index is 2.66. The van der Waals surface area contributed by atoms with Crippen molar-refractivity contribution in [2.75, 3.05) is 0 Å². The second-order valence-corrected chi connectivity index (χ2v) is 5.56. The fourth-order valence-electron chi connectivity index (χ4n) is 2.31. The fourth-order valence-corrected chi connectivity index (χ4v) is 2.31. The topological polar surface area (TPSA) is 37.3 Å². The van der Waals surface area contributed by atoms with Gasteiger partial charge in [-0.15, -0.1) is 0 Å². The Kier molecular flexibility index (Phi) is 5.39. The first-order valence-electron chi connectivity index (χ1n) is 6.63. The normalized spacial score (nSPS) is 22.7. The van der Waals surface area contributed by atoms with Crippen molar-refractivity contribution >= 4 is 5.78 Å². The predicted molar refractivity (Wildman–Crippen MR) is 75.4 cm³/mol. The fraction of sp³-hybridized carbons (Fsp3) is 0.562. The van der Waals surface area contributed by atoms with E-state index in [4.69, 9.17) is 0 Å². The Morgan fingerprint density at radius 3 is 2.33 bits per heavy atom. The number of carbonyl (C=O) groups is 1. The molecule has 0 bridgehead atoms. The molecule has 0 spiro atoms. The van der Waals surface area contributed by atoms with Crippen LogP contribution in [0.25, 0.3) is 0 Å². The molecule has 2 nitrogen and oxygen atoms in total. The van der Waals surface area contributed by atoms with Crippen molar-refractivity contribution in [1.82, 2.24) is 0 Å². The maximum atomic E-state index is 11.8. The quantitative estimate of drug-likeness (QED) is 0.734. The van der Waals surface area contributed by atoms with E-state index in [2.05, 4.69) is 26.0 Å². The molecule has 1 aliphatic carbocycles. The van der Waals surface area contributed by atoms with Crippen molar-refractivity contribution < 1.29 is 9.90 Å². The van der Waals surface area contributed by atoms with Crippen LogP contribution in [0.3, 0.4) is 0 Å². The number of ketones is 1. The Labute approximate surface area is 110 Å². The second-order valence-electron chi connectivity index (χ2n) is 5.56. The zero-order valence-electron chi connectivity index (χ0n) is 11.9. The van der Waals surface area contributed by atoms with E-state index in [9.17, 15) is 9.90 Å². The number of allylic oxidation sites excluding steroid dienone is 6. The van der Waals surface area contributed by atoms with Crippen LogP contribution in [-0.2, 0) is 4.79 Å². The van der Waals surface area contributed by atoms with Gasteiger partial charge >= 0.3 is 0 Å². The van der Waals surface area contributed by atoms with Gasteiger partial charge in [0.2, 0.25) is 0 Å². The minimum absolute atomic E-state index is 0.0158. The third-order valence-electron chi connectivity index (χ3n) is 3.33. The van der Waals surface area contributed by atoms with E-state index >= 15 is 0 Å². The Bertz CT molecular complexity index is 391. The van der Waals surface area contributed by atoms with Crippen LogP contribution in [0.1, 0.15) is 47.0 Å². The summed E-state index contributed by atoms with van der Waals surface area (Å²) in [5.41, 5.74) is 2.50. The van der Waals surface area contributed by atoms with E-state index in [1.807, 2.05) is 13.8 Å². The minimum atomic E-state index is -0.0452. The summed E-state index contributed by atoms with van der Waals surface area (Å²) in [6, 6.07) is 0. The van der Waals surface area contributed by atoms with E-state index in [0.29, 0.717) is 0 Å². The van der Waals surface area contributed by atoms with Crippen molar-refractivity contribution in [1.29, 1.82) is 0 Å². The van der Waals surface area contributed by atoms with Crippen molar-refractivity contribution in [3.63, 3.8) is 0 Å². The molecule has 0 radical (unpaired) electrons. The molecule has 100 valence electrons. The molecule has 2 unspecified atom stereocenters. The van der Waals surface area contributed by atoms with Gasteiger partial charge < -0.3 is 5.11 Å². The van der Waals surface area contributed by atoms with Gasteiger partial charge in [-0.2, -0.15) is 0 Å². The Hall–Kier alpha value is -1.31. The number of rotatable bonds is 5. The summed E-state index contributed by atoms with van der Waals surface area (Å²) in [6.45, 7) is 8.20. The van der Waals surface area contributed by atoms with Crippen LogP contribution in [0, 0.1) is 11.8 Å². The van der Waals surface area contributed by atoms with Crippen molar-refractivity contribution in [3.05, 3.63) is 35.1 Å². The number of hydrogen-bond acceptors (Lipinski definition) is 2. The molecule has 0 aliphatic heterocycles. The van der Waals surface area contributed by atoms with Crippen molar-refractivity contribution in [2.24, 2.45) is 11.8 Å². The summed E-state index contributed by atoms with van der Waals surface area (Å²) in [4.78, 5) is 11.8. The second kappa shape index (κ2) is 6.58. The first-order valence-corrected chi connectivity index (χ1v) is 6.63. The van der Waals surface area contributed by atoms with Gasteiger partial charge in [-0.1, -0.05) is 23.3 Å². The first-order chi connectivity index (χ1) is 8.41. The molecule has 0 aromatic rings. The highest BCUT2D eigenvalue weighted by atomic mass is 16.3. The van der Waals surface area contributed by atoms with Gasteiger partial charge in [-0.05, 0) is 47.0 Å². The van der Waals surface area contributed by atoms with Crippen molar-refractivity contribution in [2.45, 2.75) is 47.0 Å². The van der Waals surface area contributed by atoms with Crippen molar-refractivity contribution in [3.8, 4) is 0 Å². The smallest absolute Gasteiger partial charge is 0.162 e. The molecule has 1 aliphatic rings. The molecule has 1 N–H and O–H groups in total. The number of hydrogen-bond donors (Lipinski definition) is 1. The number of aliphatic hydroxyl groups is 1. The molecule has 0 aromatic carbocycles. The molecule has 0 amide bonds. The predicted octanol–water partition coefficient (Wildman–Crippen LogP) is 4.35. The van der Waals surface area contributed by atoms with Crippen LogP contribution >= 0.6 is 0 Å². The summed E-state index contributed by atoms with van der Waals surface area (Å²) in [5.74, 6) is 0.288. The lowest BCUT2D eigenvalue weighted by Gasteiger charge is -2.17. The van der Waals surface area contributed by atoms with E-state index < -0.39 is 0 Å². The standard InChI is InChI=1S/C16H24O2/c1-11(2)6-5-7-13-14(9-8-12(3)4)16(18)10-15(13)17/h6,8,10,13-14,18H,5,7,9H2,1-4H3. The van der Waals surface area contributed by atoms with Gasteiger partial charge in [0.05, 0.1) is 5.76 Å². The van der Waals surface area contributed by atoms with Gasteiger partial charge in [0.15, 0.2) is 5.78 Å². The molecule has 0 fully saturated rings. The molecule has 2 heteroatoms. The zero-order chi connectivity index (χ0) is 13.7. The van der Waals surface area contributed by atoms with E-state index in [1.165, 1.54) is 17.2 Å². The third-order valence-corrected chi connectivity index (χ3v) is 3.33. The lowest BCUT2D eigenvalue weighted by Crippen LogP contribution is -2.17. The molecule has 2 atom stereocenters. The summed E-state index contributed by atoms with van der Waals surface area (Å²) in [6.07, 6.45) is 8.16.